The molecule has 1 N–H and O–H groups in total. The summed E-state index contributed by atoms with van der Waals surface area (Å²) in [5.74, 6) is 1.19. The van der Waals surface area contributed by atoms with Gasteiger partial charge in [-0.3, -0.25) is 0 Å². The van der Waals surface area contributed by atoms with E-state index >= 15 is 0 Å². The van der Waals surface area contributed by atoms with Crippen LogP contribution < -0.4 is 14.8 Å². The minimum atomic E-state index is -0.0995. The number of rotatable bonds is 3. The highest BCUT2D eigenvalue weighted by Crippen LogP contribution is 2.35. The maximum atomic E-state index is 12.6. The molecule has 0 aromatic heterocycles. The van der Waals surface area contributed by atoms with Crippen molar-refractivity contribution in [1.29, 1.82) is 0 Å². The topological polar surface area (TPSA) is 50.8 Å². The third kappa shape index (κ3) is 3.23. The van der Waals surface area contributed by atoms with Crippen molar-refractivity contribution in [3.05, 3.63) is 18.2 Å². The van der Waals surface area contributed by atoms with Gasteiger partial charge in [0.2, 0.25) is 0 Å². The molecule has 2 unspecified atom stereocenters. The smallest absolute Gasteiger partial charge is 0.322 e. The summed E-state index contributed by atoms with van der Waals surface area (Å²) in [4.78, 5) is 14.5. The molecule has 1 heterocycles. The van der Waals surface area contributed by atoms with E-state index in [1.54, 1.807) is 26.4 Å². The molecule has 5 nitrogen and oxygen atoms in total. The van der Waals surface area contributed by atoms with Gasteiger partial charge in [0.1, 0.15) is 17.2 Å². The first-order valence-electron chi connectivity index (χ1n) is 7.38. The third-order valence-corrected chi connectivity index (χ3v) is 4.09. The quantitative estimate of drug-likeness (QED) is 0.927. The Hall–Kier alpha value is -1.91. The van der Waals surface area contributed by atoms with Crippen LogP contribution >= 0.6 is 0 Å². The molecule has 21 heavy (non-hydrogen) atoms. The summed E-state index contributed by atoms with van der Waals surface area (Å²) in [7, 11) is 3.16. The Kier molecular flexibility index (Phi) is 4.94. The number of urea groups is 1. The molecule has 116 valence electrons. The van der Waals surface area contributed by atoms with E-state index in [0.29, 0.717) is 17.2 Å². The van der Waals surface area contributed by atoms with Gasteiger partial charge in [-0.1, -0.05) is 6.07 Å². The number of hydrogen-bond acceptors (Lipinski definition) is 3. The summed E-state index contributed by atoms with van der Waals surface area (Å²) >= 11 is 0. The van der Waals surface area contributed by atoms with Gasteiger partial charge in [0.05, 0.1) is 14.2 Å². The van der Waals surface area contributed by atoms with Gasteiger partial charge in [0, 0.05) is 12.1 Å². The zero-order chi connectivity index (χ0) is 15.4. The van der Waals surface area contributed by atoms with Crippen LogP contribution in [0.25, 0.3) is 0 Å². The van der Waals surface area contributed by atoms with E-state index in [4.69, 9.17) is 9.47 Å². The maximum Gasteiger partial charge on any atom is 0.322 e. The maximum absolute atomic E-state index is 12.6. The number of likely N-dealkylation sites (tertiary alicyclic amines) is 1. The van der Waals surface area contributed by atoms with Gasteiger partial charge in [-0.25, -0.2) is 4.79 Å². The Bertz CT molecular complexity index is 472. The molecule has 0 aliphatic carbocycles. The molecular weight excluding hydrogens is 268 g/mol. The highest BCUT2D eigenvalue weighted by atomic mass is 16.5. The summed E-state index contributed by atoms with van der Waals surface area (Å²) in [5.41, 5.74) is 0.581. The molecule has 1 aromatic rings. The van der Waals surface area contributed by atoms with Crippen molar-refractivity contribution in [3.63, 3.8) is 0 Å². The lowest BCUT2D eigenvalue weighted by Crippen LogP contribution is -2.49. The molecule has 1 aliphatic rings. The zero-order valence-electron chi connectivity index (χ0n) is 13.2. The van der Waals surface area contributed by atoms with Crippen molar-refractivity contribution < 1.29 is 14.3 Å². The normalized spacial score (nSPS) is 21.8. The first-order chi connectivity index (χ1) is 10.1. The Morgan fingerprint density at radius 2 is 1.67 bits per heavy atom. The summed E-state index contributed by atoms with van der Waals surface area (Å²) in [6, 6.07) is 5.84. The standard InChI is InChI=1S/C16H24N2O3/c1-11-7-5-8-12(2)18(11)16(19)17-15-13(20-3)9-6-10-14(15)21-4/h6,9-12H,5,7-8H2,1-4H3,(H,17,19). The highest BCUT2D eigenvalue weighted by molar-refractivity contribution is 5.93. The SMILES string of the molecule is COc1cccc(OC)c1NC(=O)N1C(C)CCCC1C. The summed E-state index contributed by atoms with van der Waals surface area (Å²) in [6.45, 7) is 4.18. The van der Waals surface area contributed by atoms with E-state index in [9.17, 15) is 4.79 Å². The number of methoxy groups -OCH3 is 2. The number of carbonyl (C=O) groups is 1. The van der Waals surface area contributed by atoms with Crippen LogP contribution in [0.15, 0.2) is 18.2 Å². The van der Waals surface area contributed by atoms with Gasteiger partial charge in [-0.2, -0.15) is 0 Å². The lowest BCUT2D eigenvalue weighted by atomic mass is 9.98. The molecule has 0 radical (unpaired) electrons. The first kappa shape index (κ1) is 15.5. The molecule has 1 saturated heterocycles. The van der Waals surface area contributed by atoms with Crippen molar-refractivity contribution >= 4 is 11.7 Å². The molecule has 0 bridgehead atoms. The number of nitrogens with one attached hydrogen (secondary N) is 1. The molecular formula is C16H24N2O3. The third-order valence-electron chi connectivity index (χ3n) is 4.09. The number of carbonyl (C=O) groups excluding carboxylic acids is 1. The first-order valence-corrected chi connectivity index (χ1v) is 7.38. The number of piperidine rings is 1. The minimum absolute atomic E-state index is 0.0995. The fraction of sp³-hybridized carbons (Fsp3) is 0.562. The van der Waals surface area contributed by atoms with Crippen LogP contribution in [-0.2, 0) is 0 Å². The second-order valence-electron chi connectivity index (χ2n) is 5.50. The molecule has 2 atom stereocenters. The van der Waals surface area contributed by atoms with Crippen molar-refractivity contribution in [3.8, 4) is 11.5 Å². The lowest BCUT2D eigenvalue weighted by molar-refractivity contribution is 0.133. The fourth-order valence-corrected chi connectivity index (χ4v) is 2.97. The van der Waals surface area contributed by atoms with Gasteiger partial charge in [-0.05, 0) is 45.2 Å². The van der Waals surface area contributed by atoms with Crippen LogP contribution in [0, 0.1) is 0 Å². The summed E-state index contributed by atoms with van der Waals surface area (Å²) in [5, 5.41) is 2.95. The predicted octanol–water partition coefficient (Wildman–Crippen LogP) is 3.50. The van der Waals surface area contributed by atoms with Gasteiger partial charge < -0.3 is 19.7 Å². The number of nitrogens with zero attached hydrogens (tertiary/aromatic N) is 1. The molecule has 5 heteroatoms. The number of amides is 2. The molecule has 0 saturated carbocycles. The van der Waals surface area contributed by atoms with Gasteiger partial charge >= 0.3 is 6.03 Å². The second-order valence-corrected chi connectivity index (χ2v) is 5.50. The van der Waals surface area contributed by atoms with Crippen LogP contribution in [0.3, 0.4) is 0 Å². The average Bonchev–Trinajstić information content (AvgIpc) is 2.47. The number of hydrogen-bond donors (Lipinski definition) is 1. The molecule has 1 aliphatic heterocycles. The highest BCUT2D eigenvalue weighted by Gasteiger charge is 2.29. The Morgan fingerprint density at radius 3 is 2.14 bits per heavy atom. The van der Waals surface area contributed by atoms with Crippen molar-refractivity contribution in [2.45, 2.75) is 45.2 Å². The van der Waals surface area contributed by atoms with E-state index in [1.807, 2.05) is 11.0 Å². The number of benzene rings is 1. The predicted molar refractivity (Wildman–Crippen MR) is 83.2 cm³/mol. The number of anilines is 1. The van der Waals surface area contributed by atoms with E-state index in [2.05, 4.69) is 19.2 Å². The van der Waals surface area contributed by atoms with Gasteiger partial charge in [-0.15, -0.1) is 0 Å². The monoisotopic (exact) mass is 292 g/mol. The molecule has 2 rings (SSSR count). The van der Waals surface area contributed by atoms with E-state index in [1.165, 1.54) is 6.42 Å². The van der Waals surface area contributed by atoms with Crippen molar-refractivity contribution in [2.75, 3.05) is 19.5 Å². The van der Waals surface area contributed by atoms with Gasteiger partial charge in [0.15, 0.2) is 0 Å². The van der Waals surface area contributed by atoms with Crippen molar-refractivity contribution in [2.24, 2.45) is 0 Å². The number of para-hydroxylation sites is 1. The van der Waals surface area contributed by atoms with Crippen LogP contribution in [-0.4, -0.2) is 37.2 Å². The Labute approximate surface area is 126 Å². The minimum Gasteiger partial charge on any atom is -0.494 e. The lowest BCUT2D eigenvalue weighted by Gasteiger charge is -2.39. The largest absolute Gasteiger partial charge is 0.494 e. The Balaban J connectivity index is 2.23. The van der Waals surface area contributed by atoms with E-state index < -0.39 is 0 Å². The fourth-order valence-electron chi connectivity index (χ4n) is 2.97. The zero-order valence-corrected chi connectivity index (χ0v) is 13.2. The second kappa shape index (κ2) is 6.70. The molecule has 0 spiro atoms. The summed E-state index contributed by atoms with van der Waals surface area (Å²) < 4.78 is 10.6. The Morgan fingerprint density at radius 1 is 1.14 bits per heavy atom. The van der Waals surface area contributed by atoms with Crippen LogP contribution in [0.2, 0.25) is 0 Å². The van der Waals surface area contributed by atoms with Crippen molar-refractivity contribution in [1.82, 2.24) is 4.90 Å². The van der Waals surface area contributed by atoms with Crippen LogP contribution in [0.5, 0.6) is 11.5 Å². The average molecular weight is 292 g/mol. The van der Waals surface area contributed by atoms with E-state index in [0.717, 1.165) is 12.8 Å². The number of ether oxygens (including phenoxy) is 2. The van der Waals surface area contributed by atoms with Gasteiger partial charge in [0.25, 0.3) is 0 Å². The molecule has 1 fully saturated rings. The summed E-state index contributed by atoms with van der Waals surface area (Å²) in [6.07, 6.45) is 3.26. The molecule has 2 amide bonds. The molecule has 1 aromatic carbocycles. The van der Waals surface area contributed by atoms with E-state index in [-0.39, 0.29) is 18.1 Å². The van der Waals surface area contributed by atoms with Crippen LogP contribution in [0.4, 0.5) is 10.5 Å². The van der Waals surface area contributed by atoms with Crippen LogP contribution in [0.1, 0.15) is 33.1 Å².